The summed E-state index contributed by atoms with van der Waals surface area (Å²) >= 11 is 1.78. The highest BCUT2D eigenvalue weighted by Gasteiger charge is 2.25. The molecule has 0 aromatic carbocycles. The average Bonchev–Trinajstić information content (AvgIpc) is 2.89. The van der Waals surface area contributed by atoms with E-state index in [0.29, 0.717) is 12.0 Å². The lowest BCUT2D eigenvalue weighted by atomic mass is 9.94. The van der Waals surface area contributed by atoms with Crippen LogP contribution in [-0.2, 0) is 11.2 Å². The zero-order chi connectivity index (χ0) is 10.5. The molecule has 84 valence electrons. The van der Waals surface area contributed by atoms with Gasteiger partial charge >= 0.3 is 0 Å². The molecular weight excluding hydrogens is 206 g/mol. The lowest BCUT2D eigenvalue weighted by Crippen LogP contribution is -2.38. The molecule has 0 aliphatic carbocycles. The Labute approximate surface area is 95.6 Å². The highest BCUT2D eigenvalue weighted by molar-refractivity contribution is 7.07. The Balaban J connectivity index is 1.93. The zero-order valence-electron chi connectivity index (χ0n) is 9.24. The van der Waals surface area contributed by atoms with Gasteiger partial charge in [-0.3, -0.25) is 0 Å². The van der Waals surface area contributed by atoms with Gasteiger partial charge < -0.3 is 10.1 Å². The number of hydrogen-bond donors (Lipinski definition) is 1. The molecule has 0 amide bonds. The summed E-state index contributed by atoms with van der Waals surface area (Å²) in [6.45, 7) is 5.10. The molecule has 1 N–H and O–H groups in total. The minimum Gasteiger partial charge on any atom is -0.381 e. The third kappa shape index (κ3) is 3.03. The summed E-state index contributed by atoms with van der Waals surface area (Å²) in [4.78, 5) is 0. The van der Waals surface area contributed by atoms with Gasteiger partial charge in [0.25, 0.3) is 0 Å². The number of rotatable bonds is 5. The first-order valence-corrected chi connectivity index (χ1v) is 6.66. The molecule has 2 nitrogen and oxygen atoms in total. The van der Waals surface area contributed by atoms with Crippen molar-refractivity contribution in [3.8, 4) is 0 Å². The van der Waals surface area contributed by atoms with Crippen molar-refractivity contribution in [1.82, 2.24) is 5.32 Å². The van der Waals surface area contributed by atoms with E-state index in [-0.39, 0.29) is 0 Å². The molecule has 2 rings (SSSR count). The Kier molecular flexibility index (Phi) is 4.18. The molecule has 2 unspecified atom stereocenters. The molecule has 0 spiro atoms. The number of thiophene rings is 1. The normalized spacial score (nSPS) is 23.1. The predicted molar refractivity (Wildman–Crippen MR) is 64.4 cm³/mol. The SMILES string of the molecule is CCNC(Cc1ccsc1)C1CCOC1. The second-order valence-corrected chi connectivity index (χ2v) is 4.90. The molecular formula is C12H19NOS. The van der Waals surface area contributed by atoms with E-state index < -0.39 is 0 Å². The molecule has 0 radical (unpaired) electrons. The van der Waals surface area contributed by atoms with Crippen molar-refractivity contribution in [2.75, 3.05) is 19.8 Å². The van der Waals surface area contributed by atoms with Gasteiger partial charge in [-0.25, -0.2) is 0 Å². The van der Waals surface area contributed by atoms with E-state index in [4.69, 9.17) is 4.74 Å². The van der Waals surface area contributed by atoms with Gasteiger partial charge in [0.2, 0.25) is 0 Å². The summed E-state index contributed by atoms with van der Waals surface area (Å²) in [5, 5.41) is 7.99. The van der Waals surface area contributed by atoms with Crippen LogP contribution in [0.4, 0.5) is 0 Å². The van der Waals surface area contributed by atoms with Gasteiger partial charge in [-0.05, 0) is 41.8 Å². The van der Waals surface area contributed by atoms with Crippen LogP contribution in [0.3, 0.4) is 0 Å². The summed E-state index contributed by atoms with van der Waals surface area (Å²) in [6.07, 6.45) is 2.35. The van der Waals surface area contributed by atoms with Crippen LogP contribution in [0.2, 0.25) is 0 Å². The van der Waals surface area contributed by atoms with E-state index in [1.165, 1.54) is 12.0 Å². The average molecular weight is 225 g/mol. The van der Waals surface area contributed by atoms with E-state index in [1.807, 2.05) is 0 Å². The fraction of sp³-hybridized carbons (Fsp3) is 0.667. The van der Waals surface area contributed by atoms with Crippen LogP contribution in [0.5, 0.6) is 0 Å². The van der Waals surface area contributed by atoms with Crippen LogP contribution in [-0.4, -0.2) is 25.8 Å². The van der Waals surface area contributed by atoms with Crippen molar-refractivity contribution in [3.05, 3.63) is 22.4 Å². The first-order valence-electron chi connectivity index (χ1n) is 5.72. The lowest BCUT2D eigenvalue weighted by Gasteiger charge is -2.22. The topological polar surface area (TPSA) is 21.3 Å². The van der Waals surface area contributed by atoms with Gasteiger partial charge in [0.05, 0.1) is 6.61 Å². The Bertz CT molecular complexity index is 267. The molecule has 3 heteroatoms. The standard InChI is InChI=1S/C12H19NOS/c1-2-13-12(11-3-5-14-8-11)7-10-4-6-15-9-10/h4,6,9,11-13H,2-3,5,7-8H2,1H3. The van der Waals surface area contributed by atoms with Gasteiger partial charge in [-0.1, -0.05) is 6.92 Å². The van der Waals surface area contributed by atoms with Crippen molar-refractivity contribution in [2.45, 2.75) is 25.8 Å². The van der Waals surface area contributed by atoms with Crippen molar-refractivity contribution < 1.29 is 4.74 Å². The highest BCUT2D eigenvalue weighted by Crippen LogP contribution is 2.20. The van der Waals surface area contributed by atoms with Gasteiger partial charge in [0.1, 0.15) is 0 Å². The Hall–Kier alpha value is -0.380. The number of nitrogens with one attached hydrogen (secondary N) is 1. The summed E-state index contributed by atoms with van der Waals surface area (Å²) < 4.78 is 5.47. The summed E-state index contributed by atoms with van der Waals surface area (Å²) in [5.41, 5.74) is 1.46. The molecule has 2 atom stereocenters. The highest BCUT2D eigenvalue weighted by atomic mass is 32.1. The molecule has 1 saturated heterocycles. The molecule has 1 fully saturated rings. The Morgan fingerprint density at radius 3 is 3.20 bits per heavy atom. The van der Waals surface area contributed by atoms with Crippen molar-refractivity contribution in [3.63, 3.8) is 0 Å². The first kappa shape index (κ1) is 11.1. The van der Waals surface area contributed by atoms with Crippen molar-refractivity contribution >= 4 is 11.3 Å². The van der Waals surface area contributed by atoms with Gasteiger partial charge in [0.15, 0.2) is 0 Å². The number of ether oxygens (including phenoxy) is 1. The van der Waals surface area contributed by atoms with E-state index in [1.54, 1.807) is 11.3 Å². The van der Waals surface area contributed by atoms with Gasteiger partial charge in [-0.2, -0.15) is 11.3 Å². The number of likely N-dealkylation sites (N-methyl/N-ethyl adjacent to an activating group) is 1. The summed E-state index contributed by atoms with van der Waals surface area (Å²) in [7, 11) is 0. The van der Waals surface area contributed by atoms with Gasteiger partial charge in [-0.15, -0.1) is 0 Å². The minimum atomic E-state index is 0.590. The Morgan fingerprint density at radius 1 is 1.67 bits per heavy atom. The van der Waals surface area contributed by atoms with E-state index in [9.17, 15) is 0 Å². The maximum absolute atomic E-state index is 5.47. The smallest absolute Gasteiger partial charge is 0.0510 e. The van der Waals surface area contributed by atoms with E-state index >= 15 is 0 Å². The van der Waals surface area contributed by atoms with Crippen molar-refractivity contribution in [2.24, 2.45) is 5.92 Å². The first-order chi connectivity index (χ1) is 7.40. The fourth-order valence-electron chi connectivity index (χ4n) is 2.20. The fourth-order valence-corrected chi connectivity index (χ4v) is 2.88. The zero-order valence-corrected chi connectivity index (χ0v) is 10.1. The summed E-state index contributed by atoms with van der Waals surface area (Å²) in [5.74, 6) is 0.699. The van der Waals surface area contributed by atoms with Crippen LogP contribution in [0.1, 0.15) is 18.9 Å². The van der Waals surface area contributed by atoms with Crippen LogP contribution >= 0.6 is 11.3 Å². The van der Waals surface area contributed by atoms with Crippen molar-refractivity contribution in [1.29, 1.82) is 0 Å². The van der Waals surface area contributed by atoms with E-state index in [0.717, 1.165) is 26.2 Å². The van der Waals surface area contributed by atoms with Crippen LogP contribution in [0.25, 0.3) is 0 Å². The summed E-state index contributed by atoms with van der Waals surface area (Å²) in [6, 6.07) is 2.82. The molecule has 1 aromatic rings. The monoisotopic (exact) mass is 225 g/mol. The third-order valence-corrected chi connectivity index (χ3v) is 3.77. The number of hydrogen-bond acceptors (Lipinski definition) is 3. The Morgan fingerprint density at radius 2 is 2.60 bits per heavy atom. The molecule has 1 aliphatic rings. The second-order valence-electron chi connectivity index (χ2n) is 4.12. The van der Waals surface area contributed by atoms with Crippen LogP contribution < -0.4 is 5.32 Å². The molecule has 1 aromatic heterocycles. The second kappa shape index (κ2) is 5.64. The van der Waals surface area contributed by atoms with Crippen LogP contribution in [0.15, 0.2) is 16.8 Å². The minimum absolute atomic E-state index is 0.590. The molecule has 15 heavy (non-hydrogen) atoms. The largest absolute Gasteiger partial charge is 0.381 e. The maximum Gasteiger partial charge on any atom is 0.0510 e. The lowest BCUT2D eigenvalue weighted by molar-refractivity contribution is 0.176. The van der Waals surface area contributed by atoms with E-state index in [2.05, 4.69) is 29.1 Å². The van der Waals surface area contributed by atoms with Gasteiger partial charge in [0, 0.05) is 18.6 Å². The predicted octanol–water partition coefficient (Wildman–Crippen LogP) is 2.31. The maximum atomic E-state index is 5.47. The molecule has 0 saturated carbocycles. The molecule has 1 aliphatic heterocycles. The molecule has 0 bridgehead atoms. The third-order valence-electron chi connectivity index (χ3n) is 3.04. The molecule has 2 heterocycles. The quantitative estimate of drug-likeness (QED) is 0.830. The van der Waals surface area contributed by atoms with Crippen LogP contribution in [0, 0.1) is 5.92 Å².